The molecule has 1 aliphatic heterocycles. The number of hydrogen-bond donors (Lipinski definition) is 2. The molecule has 0 fully saturated rings. The highest BCUT2D eigenvalue weighted by Crippen LogP contribution is 2.35. The van der Waals surface area contributed by atoms with Gasteiger partial charge in [-0.25, -0.2) is 0 Å². The summed E-state index contributed by atoms with van der Waals surface area (Å²) in [5.41, 5.74) is 7.29. The molecule has 1 amide bonds. The fourth-order valence-corrected chi connectivity index (χ4v) is 3.73. The number of halogens is 1. The van der Waals surface area contributed by atoms with Crippen molar-refractivity contribution in [2.45, 2.75) is 18.9 Å². The molecule has 0 saturated carbocycles. The average molecular weight is 365 g/mol. The molecule has 9 heteroatoms. The first-order valence-corrected chi connectivity index (χ1v) is 8.68. The van der Waals surface area contributed by atoms with Gasteiger partial charge in [-0.3, -0.25) is 19.5 Å². The van der Waals surface area contributed by atoms with Gasteiger partial charge >= 0.3 is 0 Å². The van der Waals surface area contributed by atoms with E-state index < -0.39 is 5.54 Å². The van der Waals surface area contributed by atoms with Gasteiger partial charge in [0.25, 0.3) is 5.91 Å². The lowest BCUT2D eigenvalue weighted by Crippen LogP contribution is -2.29. The Morgan fingerprint density at radius 3 is 2.92 bits per heavy atom. The van der Waals surface area contributed by atoms with Crippen LogP contribution in [0, 0.1) is 0 Å². The summed E-state index contributed by atoms with van der Waals surface area (Å²) >= 11 is 7.37. The highest BCUT2D eigenvalue weighted by molar-refractivity contribution is 8.13. The van der Waals surface area contributed by atoms with Crippen LogP contribution in [0.3, 0.4) is 0 Å². The maximum Gasteiger partial charge on any atom is 0.274 e. The van der Waals surface area contributed by atoms with Crippen LogP contribution in [-0.2, 0) is 12.6 Å². The molecule has 0 unspecified atom stereocenters. The third-order valence-electron chi connectivity index (χ3n) is 3.90. The minimum absolute atomic E-state index is 0.270. The Labute approximate surface area is 148 Å². The summed E-state index contributed by atoms with van der Waals surface area (Å²) in [5.74, 6) is 0.596. The monoisotopic (exact) mass is 364 g/mol. The van der Waals surface area contributed by atoms with Crippen LogP contribution in [-0.4, -0.2) is 31.6 Å². The van der Waals surface area contributed by atoms with Crippen molar-refractivity contribution in [1.29, 1.82) is 0 Å². The fourth-order valence-electron chi connectivity index (χ4n) is 2.54. The number of nitrogens with one attached hydrogen (secondary N) is 1. The summed E-state index contributed by atoms with van der Waals surface area (Å²) in [6, 6.07) is 3.38. The van der Waals surface area contributed by atoms with E-state index in [2.05, 4.69) is 20.4 Å². The number of pyridine rings is 1. The van der Waals surface area contributed by atoms with Crippen molar-refractivity contribution in [1.82, 2.24) is 14.8 Å². The van der Waals surface area contributed by atoms with E-state index in [1.165, 1.54) is 10.7 Å². The summed E-state index contributed by atoms with van der Waals surface area (Å²) in [6.07, 6.45) is 4.20. The molecule has 3 rings (SSSR count). The van der Waals surface area contributed by atoms with Crippen LogP contribution in [0.5, 0.6) is 0 Å². The normalized spacial score (nSPS) is 20.5. The Morgan fingerprint density at radius 1 is 1.46 bits per heavy atom. The Morgan fingerprint density at radius 2 is 2.25 bits per heavy atom. The molecule has 0 spiro atoms. The number of aromatic nitrogens is 3. The van der Waals surface area contributed by atoms with Crippen molar-refractivity contribution in [3.63, 3.8) is 0 Å². The van der Waals surface area contributed by atoms with Gasteiger partial charge in [-0.15, -0.1) is 0 Å². The summed E-state index contributed by atoms with van der Waals surface area (Å²) in [4.78, 5) is 21.1. The van der Waals surface area contributed by atoms with Gasteiger partial charge in [0.15, 0.2) is 10.3 Å². The maximum absolute atomic E-state index is 12.4. The van der Waals surface area contributed by atoms with E-state index in [4.69, 9.17) is 17.3 Å². The molecule has 2 aromatic rings. The molecule has 0 bridgehead atoms. The topological polar surface area (TPSA) is 98.2 Å². The van der Waals surface area contributed by atoms with Crippen molar-refractivity contribution in [2.24, 2.45) is 17.8 Å². The van der Waals surface area contributed by atoms with Crippen molar-refractivity contribution in [3.05, 3.63) is 40.9 Å². The van der Waals surface area contributed by atoms with Crippen molar-refractivity contribution in [3.8, 4) is 0 Å². The van der Waals surface area contributed by atoms with Crippen LogP contribution < -0.4 is 11.1 Å². The number of carbonyl (C=O) groups is 1. The van der Waals surface area contributed by atoms with Gasteiger partial charge in [0.2, 0.25) is 0 Å². The molecule has 3 heterocycles. The largest absolute Gasteiger partial charge is 0.379 e. The number of aryl methyl sites for hydroxylation is 1. The van der Waals surface area contributed by atoms with Crippen LogP contribution >= 0.6 is 23.4 Å². The van der Waals surface area contributed by atoms with Crippen molar-refractivity contribution >= 4 is 40.1 Å². The number of hydrogen-bond acceptors (Lipinski definition) is 6. The number of anilines is 1. The zero-order valence-corrected chi connectivity index (χ0v) is 14.9. The minimum Gasteiger partial charge on any atom is -0.379 e. The zero-order chi connectivity index (χ0) is 17.3. The lowest BCUT2D eigenvalue weighted by molar-refractivity contribution is 0.101. The number of aliphatic imine (C=N–C) groups is 1. The molecule has 1 atom stereocenters. The quantitative estimate of drug-likeness (QED) is 0.871. The van der Waals surface area contributed by atoms with Gasteiger partial charge in [0.05, 0.1) is 17.4 Å². The second-order valence-corrected chi connectivity index (χ2v) is 7.22. The zero-order valence-electron chi connectivity index (χ0n) is 13.3. The highest BCUT2D eigenvalue weighted by atomic mass is 35.5. The van der Waals surface area contributed by atoms with Gasteiger partial charge in [-0.2, -0.15) is 5.10 Å². The Bertz CT molecular complexity index is 820. The smallest absolute Gasteiger partial charge is 0.274 e. The number of thioether (sulfide) groups is 1. The predicted molar refractivity (Wildman–Crippen MR) is 96.5 cm³/mol. The van der Waals surface area contributed by atoms with Gasteiger partial charge < -0.3 is 11.1 Å². The third kappa shape index (κ3) is 3.39. The Hall–Kier alpha value is -2.06. The van der Waals surface area contributed by atoms with Crippen LogP contribution in [0.15, 0.2) is 29.5 Å². The van der Waals surface area contributed by atoms with Crippen LogP contribution in [0.2, 0.25) is 5.15 Å². The molecular formula is C15H17ClN6OS. The van der Waals surface area contributed by atoms with E-state index in [1.54, 1.807) is 31.2 Å². The maximum atomic E-state index is 12.4. The first-order valence-electron chi connectivity index (χ1n) is 7.32. The van der Waals surface area contributed by atoms with Gasteiger partial charge in [-0.05, 0) is 25.0 Å². The molecule has 2 aromatic heterocycles. The Kier molecular flexibility index (Phi) is 4.51. The second kappa shape index (κ2) is 6.45. The number of amidine groups is 1. The molecule has 1 aliphatic rings. The standard InChI is InChI=1S/C15H17ClN6OS/c1-15(3-4-24-14(17)20-15)9-5-10(8-18-7-9)19-13(23)11-6-12(16)21-22(11)2/h5-8H,3-4H2,1-2H3,(H2,17,20)(H,19,23)/t15-/m0/s1. The number of carbonyl (C=O) groups excluding carboxylic acids is 1. The van der Waals surface area contributed by atoms with Gasteiger partial charge in [-0.1, -0.05) is 23.4 Å². The molecule has 7 nitrogen and oxygen atoms in total. The molecule has 0 saturated heterocycles. The van der Waals surface area contributed by atoms with E-state index in [1.807, 2.05) is 13.0 Å². The number of nitrogens with two attached hydrogens (primary N) is 1. The van der Waals surface area contributed by atoms with Crippen molar-refractivity contribution < 1.29 is 4.79 Å². The first-order chi connectivity index (χ1) is 11.4. The van der Waals surface area contributed by atoms with Crippen LogP contribution in [0.1, 0.15) is 29.4 Å². The van der Waals surface area contributed by atoms with Crippen molar-refractivity contribution in [2.75, 3.05) is 11.1 Å². The van der Waals surface area contributed by atoms with E-state index in [0.717, 1.165) is 17.7 Å². The minimum atomic E-state index is -0.432. The summed E-state index contributed by atoms with van der Waals surface area (Å²) in [5, 5.41) is 7.61. The number of amides is 1. The van der Waals surface area contributed by atoms with E-state index >= 15 is 0 Å². The van der Waals surface area contributed by atoms with E-state index in [9.17, 15) is 4.79 Å². The average Bonchev–Trinajstić information content (AvgIpc) is 2.86. The SMILES string of the molecule is Cn1nc(Cl)cc1C(=O)Nc1cncc([C@]2(C)CCSC(N)=N2)c1. The van der Waals surface area contributed by atoms with Crippen LogP contribution in [0.25, 0.3) is 0 Å². The number of rotatable bonds is 3. The van der Waals surface area contributed by atoms with Gasteiger partial charge in [0, 0.05) is 25.1 Å². The third-order valence-corrected chi connectivity index (χ3v) is 4.88. The lowest BCUT2D eigenvalue weighted by atomic mass is 9.91. The molecule has 0 radical (unpaired) electrons. The molecular weight excluding hydrogens is 348 g/mol. The van der Waals surface area contributed by atoms with E-state index in [0.29, 0.717) is 16.5 Å². The molecule has 0 aliphatic carbocycles. The van der Waals surface area contributed by atoms with Gasteiger partial charge in [0.1, 0.15) is 5.69 Å². The Balaban J connectivity index is 1.85. The van der Waals surface area contributed by atoms with Crippen LogP contribution in [0.4, 0.5) is 5.69 Å². The summed E-state index contributed by atoms with van der Waals surface area (Å²) < 4.78 is 1.43. The molecule has 0 aromatic carbocycles. The predicted octanol–water partition coefficient (Wildman–Crippen LogP) is 2.39. The highest BCUT2D eigenvalue weighted by Gasteiger charge is 2.30. The molecule has 3 N–H and O–H groups in total. The number of nitrogens with zero attached hydrogens (tertiary/aromatic N) is 4. The molecule has 24 heavy (non-hydrogen) atoms. The summed E-state index contributed by atoms with van der Waals surface area (Å²) in [7, 11) is 1.66. The fraction of sp³-hybridized carbons (Fsp3) is 0.333. The molecule has 126 valence electrons. The first kappa shape index (κ1) is 16.8. The second-order valence-electron chi connectivity index (χ2n) is 5.71. The lowest BCUT2D eigenvalue weighted by Gasteiger charge is -2.29. The van der Waals surface area contributed by atoms with E-state index in [-0.39, 0.29) is 11.1 Å². The summed E-state index contributed by atoms with van der Waals surface area (Å²) in [6.45, 7) is 2.02.